The highest BCUT2D eigenvalue weighted by Gasteiger charge is 2.42. The van der Waals surface area contributed by atoms with Gasteiger partial charge in [0.2, 0.25) is 0 Å². The van der Waals surface area contributed by atoms with Crippen LogP contribution in [0.5, 0.6) is 11.5 Å². The number of benzene rings is 2. The largest absolute Gasteiger partial charge is 0.496 e. The van der Waals surface area contributed by atoms with Crippen molar-refractivity contribution in [1.29, 1.82) is 0 Å². The van der Waals surface area contributed by atoms with E-state index in [9.17, 15) is 0 Å². The molecule has 30 heavy (non-hydrogen) atoms. The Morgan fingerprint density at radius 1 is 0.933 bits per heavy atom. The summed E-state index contributed by atoms with van der Waals surface area (Å²) in [5.41, 5.74) is 0.456. The lowest BCUT2D eigenvalue weighted by molar-refractivity contribution is 0.277. The molecule has 0 N–H and O–H groups in total. The first kappa shape index (κ1) is 21.2. The van der Waals surface area contributed by atoms with Gasteiger partial charge in [0, 0.05) is 16.5 Å². The van der Waals surface area contributed by atoms with E-state index < -0.39 is 7.92 Å². The zero-order chi connectivity index (χ0) is 21.1. The molecule has 5 heteroatoms. The molecule has 1 saturated carbocycles. The minimum absolute atomic E-state index is 0.282. The Balaban J connectivity index is 1.79. The van der Waals surface area contributed by atoms with Crippen LogP contribution in [0, 0.1) is 11.8 Å². The Bertz CT molecular complexity index is 850. The summed E-state index contributed by atoms with van der Waals surface area (Å²) in [5.74, 6) is 3.75. The molecule has 2 unspecified atom stereocenters. The third-order valence-corrected chi connectivity index (χ3v) is 9.34. The first-order valence-electron chi connectivity index (χ1n) is 10.9. The fourth-order valence-corrected chi connectivity index (χ4v) is 7.99. The molecule has 160 valence electrons. The van der Waals surface area contributed by atoms with Crippen molar-refractivity contribution in [3.63, 3.8) is 0 Å². The molecular formula is C25H32NO3P. The number of para-hydroxylation sites is 2. The summed E-state index contributed by atoms with van der Waals surface area (Å²) in [7, 11) is 2.82. The molecule has 2 aromatic carbocycles. The molecule has 1 aliphatic heterocycles. The van der Waals surface area contributed by atoms with Gasteiger partial charge in [0.15, 0.2) is 5.90 Å². The van der Waals surface area contributed by atoms with Gasteiger partial charge in [-0.2, -0.15) is 0 Å². The first-order valence-corrected chi connectivity index (χ1v) is 12.3. The molecule has 2 aromatic rings. The van der Waals surface area contributed by atoms with Crippen LogP contribution in [0.2, 0.25) is 0 Å². The summed E-state index contributed by atoms with van der Waals surface area (Å²) < 4.78 is 17.8. The zero-order valence-electron chi connectivity index (χ0n) is 18.4. The fourth-order valence-electron chi connectivity index (χ4n) is 4.64. The van der Waals surface area contributed by atoms with Crippen LogP contribution in [0.3, 0.4) is 0 Å². The Kier molecular flexibility index (Phi) is 6.63. The molecule has 0 spiro atoms. The van der Waals surface area contributed by atoms with Gasteiger partial charge >= 0.3 is 0 Å². The molecule has 0 radical (unpaired) electrons. The Labute approximate surface area is 181 Å². The van der Waals surface area contributed by atoms with Crippen molar-refractivity contribution in [3.8, 4) is 11.5 Å². The molecular weight excluding hydrogens is 393 g/mol. The number of ether oxygens (including phenoxy) is 3. The van der Waals surface area contributed by atoms with E-state index >= 15 is 0 Å². The molecule has 4 rings (SSSR count). The first-order chi connectivity index (χ1) is 14.6. The molecule has 0 saturated heterocycles. The van der Waals surface area contributed by atoms with Crippen molar-refractivity contribution in [2.75, 3.05) is 20.8 Å². The molecule has 0 amide bonds. The predicted octanol–water partition coefficient (Wildman–Crippen LogP) is 4.76. The van der Waals surface area contributed by atoms with Crippen molar-refractivity contribution < 1.29 is 14.2 Å². The van der Waals surface area contributed by atoms with Gasteiger partial charge in [-0.1, -0.05) is 56.7 Å². The van der Waals surface area contributed by atoms with Crippen LogP contribution in [0.4, 0.5) is 0 Å². The molecule has 1 fully saturated rings. The molecule has 1 aliphatic carbocycles. The predicted molar refractivity (Wildman–Crippen MR) is 125 cm³/mol. The Hall–Kier alpha value is -2.06. The van der Waals surface area contributed by atoms with E-state index in [0.717, 1.165) is 30.4 Å². The highest BCUT2D eigenvalue weighted by molar-refractivity contribution is 7.74. The summed E-state index contributed by atoms with van der Waals surface area (Å²) in [4.78, 5) is 5.02. The van der Waals surface area contributed by atoms with E-state index in [-0.39, 0.29) is 6.04 Å². The summed E-state index contributed by atoms with van der Waals surface area (Å²) >= 11 is 0. The van der Waals surface area contributed by atoms with Gasteiger partial charge in [0.25, 0.3) is 0 Å². The van der Waals surface area contributed by atoms with Crippen LogP contribution < -0.4 is 20.1 Å². The molecule has 0 bridgehead atoms. The van der Waals surface area contributed by atoms with Gasteiger partial charge in [0.1, 0.15) is 18.1 Å². The average Bonchev–Trinajstić information content (AvgIpc) is 3.44. The summed E-state index contributed by atoms with van der Waals surface area (Å²) in [6.07, 6.45) is 3.51. The van der Waals surface area contributed by atoms with E-state index in [0.29, 0.717) is 17.5 Å². The fraction of sp³-hybridized carbons (Fsp3) is 0.480. The van der Waals surface area contributed by atoms with Gasteiger partial charge < -0.3 is 14.2 Å². The molecule has 1 heterocycles. The maximum Gasteiger partial charge on any atom is 0.187 e. The van der Waals surface area contributed by atoms with E-state index in [2.05, 4.69) is 50.2 Å². The van der Waals surface area contributed by atoms with Crippen molar-refractivity contribution in [1.82, 2.24) is 0 Å². The lowest BCUT2D eigenvalue weighted by Crippen LogP contribution is -2.30. The maximum absolute atomic E-state index is 6.17. The molecule has 2 aliphatic rings. The lowest BCUT2D eigenvalue weighted by Gasteiger charge is -2.31. The molecule has 0 aromatic heterocycles. The lowest BCUT2D eigenvalue weighted by atomic mass is 10.1. The van der Waals surface area contributed by atoms with E-state index in [1.165, 1.54) is 23.5 Å². The maximum atomic E-state index is 6.17. The molecule has 3 atom stereocenters. The monoisotopic (exact) mass is 425 g/mol. The number of aliphatic imine (C=N–C) groups is 1. The third-order valence-electron chi connectivity index (χ3n) is 6.28. The van der Waals surface area contributed by atoms with Gasteiger partial charge in [0.05, 0.1) is 20.3 Å². The van der Waals surface area contributed by atoms with Gasteiger partial charge in [-0.25, -0.2) is 4.99 Å². The highest BCUT2D eigenvalue weighted by Crippen LogP contribution is 2.53. The van der Waals surface area contributed by atoms with Crippen LogP contribution in [0.1, 0.15) is 33.1 Å². The van der Waals surface area contributed by atoms with Crippen molar-refractivity contribution in [2.24, 2.45) is 16.8 Å². The Morgan fingerprint density at radius 2 is 1.53 bits per heavy atom. The summed E-state index contributed by atoms with van der Waals surface area (Å²) in [5, 5.41) is 2.55. The number of hydrogen-bond acceptors (Lipinski definition) is 4. The summed E-state index contributed by atoms with van der Waals surface area (Å²) in [6.45, 7) is 5.17. The third kappa shape index (κ3) is 4.07. The smallest absolute Gasteiger partial charge is 0.187 e. The summed E-state index contributed by atoms with van der Waals surface area (Å²) in [6, 6.07) is 17.2. The van der Waals surface area contributed by atoms with Crippen LogP contribution >= 0.6 is 7.92 Å². The second kappa shape index (κ2) is 9.39. The SMILES string of the molecule is COc1ccccc1P(c1ccccc1OC)C1CCCC1C1=N[C@@H](C(C)C)CO1. The van der Waals surface area contributed by atoms with Crippen molar-refractivity contribution >= 4 is 24.4 Å². The minimum Gasteiger partial charge on any atom is -0.496 e. The van der Waals surface area contributed by atoms with E-state index in [1.807, 2.05) is 12.1 Å². The normalized spacial score (nSPS) is 23.5. The zero-order valence-corrected chi connectivity index (χ0v) is 19.3. The van der Waals surface area contributed by atoms with Gasteiger partial charge in [-0.3, -0.25) is 0 Å². The van der Waals surface area contributed by atoms with Crippen LogP contribution in [0.15, 0.2) is 53.5 Å². The number of methoxy groups -OCH3 is 2. The topological polar surface area (TPSA) is 40.0 Å². The second-order valence-corrected chi connectivity index (χ2v) is 10.8. The van der Waals surface area contributed by atoms with E-state index in [1.54, 1.807) is 14.2 Å². The van der Waals surface area contributed by atoms with Gasteiger partial charge in [-0.15, -0.1) is 0 Å². The van der Waals surface area contributed by atoms with Crippen LogP contribution in [0.25, 0.3) is 0 Å². The number of nitrogens with zero attached hydrogens (tertiary/aromatic N) is 1. The quantitative estimate of drug-likeness (QED) is 0.601. The number of rotatable bonds is 7. The van der Waals surface area contributed by atoms with Crippen LogP contribution in [-0.2, 0) is 4.74 Å². The van der Waals surface area contributed by atoms with E-state index in [4.69, 9.17) is 19.2 Å². The molecule has 4 nitrogen and oxygen atoms in total. The number of hydrogen-bond donors (Lipinski definition) is 0. The minimum atomic E-state index is -0.701. The highest BCUT2D eigenvalue weighted by atomic mass is 31.1. The van der Waals surface area contributed by atoms with Crippen LogP contribution in [-0.4, -0.2) is 38.4 Å². The second-order valence-electron chi connectivity index (χ2n) is 8.41. The van der Waals surface area contributed by atoms with Crippen molar-refractivity contribution in [3.05, 3.63) is 48.5 Å². The standard InChI is InChI=1S/C25H32NO3P/c1-17(2)19-16-29-25(26-19)18-10-9-15-22(18)30(23-13-7-5-11-20(23)27-3)24-14-8-6-12-21(24)28-4/h5-8,11-14,17-19,22H,9-10,15-16H2,1-4H3/t18?,19-,22?/m1/s1. The van der Waals surface area contributed by atoms with Gasteiger partial charge in [-0.05, 0) is 44.5 Å². The Morgan fingerprint density at radius 3 is 2.07 bits per heavy atom. The average molecular weight is 426 g/mol. The van der Waals surface area contributed by atoms with Crippen molar-refractivity contribution in [2.45, 2.75) is 44.8 Å².